The molecule has 6 nitrogen and oxygen atoms in total. The summed E-state index contributed by atoms with van der Waals surface area (Å²) in [6.45, 7) is 7.70. The lowest BCUT2D eigenvalue weighted by molar-refractivity contribution is -0.118. The van der Waals surface area contributed by atoms with Crippen molar-refractivity contribution in [3.05, 3.63) is 35.4 Å². The number of amides is 2. The molecule has 0 saturated heterocycles. The number of benzene rings is 1. The molecule has 1 aromatic rings. The first-order chi connectivity index (χ1) is 13.6. The maximum absolute atomic E-state index is 12.1. The van der Waals surface area contributed by atoms with Crippen LogP contribution in [-0.2, 0) is 27.3 Å². The Morgan fingerprint density at radius 3 is 2.31 bits per heavy atom. The number of carbonyl (C=O) groups is 2. The van der Waals surface area contributed by atoms with Gasteiger partial charge in [0.15, 0.2) is 0 Å². The minimum Gasteiger partial charge on any atom is -0.444 e. The van der Waals surface area contributed by atoms with E-state index >= 15 is 0 Å². The monoisotopic (exact) mass is 470 g/mol. The molecule has 0 aliphatic rings. The largest absolute Gasteiger partial charge is 0.444 e. The van der Waals surface area contributed by atoms with Gasteiger partial charge in [0.1, 0.15) is 5.60 Å². The molecule has 0 saturated carbocycles. The predicted octanol–water partition coefficient (Wildman–Crippen LogP) is 4.47. The van der Waals surface area contributed by atoms with Crippen molar-refractivity contribution < 1.29 is 19.1 Å². The molecule has 2 amide bonds. The quantitative estimate of drug-likeness (QED) is 0.348. The maximum Gasteiger partial charge on any atom is 0.407 e. The van der Waals surface area contributed by atoms with E-state index in [0.29, 0.717) is 13.0 Å². The third-order valence-electron chi connectivity index (χ3n) is 4.36. The number of nitrogens with one attached hydrogen (secondary N) is 1. The van der Waals surface area contributed by atoms with Gasteiger partial charge in [0.2, 0.25) is 5.91 Å². The summed E-state index contributed by atoms with van der Waals surface area (Å²) in [5, 5.41) is 3.84. The van der Waals surface area contributed by atoms with Crippen molar-refractivity contribution >= 4 is 27.9 Å². The molecule has 1 aromatic carbocycles. The highest BCUT2D eigenvalue weighted by Crippen LogP contribution is 2.14. The van der Waals surface area contributed by atoms with Crippen LogP contribution in [0.2, 0.25) is 0 Å². The van der Waals surface area contributed by atoms with E-state index in [1.54, 1.807) is 20.8 Å². The number of alkyl carbamates (subject to hydrolysis) is 1. The molecule has 0 aliphatic carbocycles. The van der Waals surface area contributed by atoms with Crippen LogP contribution in [-0.4, -0.2) is 35.1 Å². The van der Waals surface area contributed by atoms with Crippen molar-refractivity contribution in [2.45, 2.75) is 84.2 Å². The number of carbonyl (C=O) groups excluding carboxylic acids is 2. The molecule has 0 unspecified atom stereocenters. The van der Waals surface area contributed by atoms with Crippen LogP contribution in [0.3, 0.4) is 0 Å². The van der Waals surface area contributed by atoms with E-state index in [4.69, 9.17) is 15.2 Å². The minimum atomic E-state index is -0.599. The smallest absolute Gasteiger partial charge is 0.407 e. The number of primary amides is 1. The number of unbranched alkanes of at least 4 members (excludes halogenated alkanes) is 1. The maximum atomic E-state index is 12.1. The summed E-state index contributed by atoms with van der Waals surface area (Å²) in [6, 6.07) is 8.01. The third kappa shape index (κ3) is 11.9. The van der Waals surface area contributed by atoms with Crippen molar-refractivity contribution in [1.82, 2.24) is 5.32 Å². The Bertz CT molecular complexity index is 629. The normalized spacial score (nSPS) is 13.6. The van der Waals surface area contributed by atoms with Crippen LogP contribution in [0.15, 0.2) is 24.3 Å². The van der Waals surface area contributed by atoms with Crippen LogP contribution in [0.25, 0.3) is 0 Å². The van der Waals surface area contributed by atoms with Gasteiger partial charge < -0.3 is 20.5 Å². The second kappa shape index (κ2) is 12.9. The van der Waals surface area contributed by atoms with Gasteiger partial charge in [0, 0.05) is 11.8 Å². The van der Waals surface area contributed by atoms with E-state index in [2.05, 4.69) is 45.5 Å². The molecular weight excluding hydrogens is 436 g/mol. The van der Waals surface area contributed by atoms with Crippen molar-refractivity contribution in [3.8, 4) is 0 Å². The zero-order valence-corrected chi connectivity index (χ0v) is 19.6. The van der Waals surface area contributed by atoms with Crippen LogP contribution < -0.4 is 11.1 Å². The number of rotatable bonds is 12. The van der Waals surface area contributed by atoms with E-state index < -0.39 is 17.6 Å². The number of halogens is 1. The summed E-state index contributed by atoms with van der Waals surface area (Å²) in [6.07, 6.45) is 3.11. The molecule has 0 heterocycles. The van der Waals surface area contributed by atoms with Gasteiger partial charge in [-0.1, -0.05) is 40.2 Å². The Kier molecular flexibility index (Phi) is 11.3. The first kappa shape index (κ1) is 25.4. The number of nitrogens with two attached hydrogens (primary N) is 1. The Labute approximate surface area is 183 Å². The van der Waals surface area contributed by atoms with E-state index in [1.165, 1.54) is 12.0 Å². The molecule has 7 heteroatoms. The average Bonchev–Trinajstić information content (AvgIpc) is 2.62. The van der Waals surface area contributed by atoms with Crippen LogP contribution in [0.1, 0.15) is 64.5 Å². The molecular formula is C22H35BrN2O4. The fourth-order valence-electron chi connectivity index (χ4n) is 2.75. The number of hydrogen-bond acceptors (Lipinski definition) is 4. The molecule has 0 bridgehead atoms. The highest BCUT2D eigenvalue weighted by molar-refractivity contribution is 9.09. The molecule has 0 radical (unpaired) electrons. The molecule has 164 valence electrons. The van der Waals surface area contributed by atoms with Gasteiger partial charge in [-0.05, 0) is 64.5 Å². The predicted molar refractivity (Wildman–Crippen MR) is 119 cm³/mol. The summed E-state index contributed by atoms with van der Waals surface area (Å²) in [7, 11) is 0. The fourth-order valence-corrected chi connectivity index (χ4v) is 3.15. The summed E-state index contributed by atoms with van der Waals surface area (Å²) in [5.74, 6) is -0.413. The van der Waals surface area contributed by atoms with E-state index in [9.17, 15) is 9.59 Å². The summed E-state index contributed by atoms with van der Waals surface area (Å²) >= 11 is 3.45. The Morgan fingerprint density at radius 2 is 1.76 bits per heavy atom. The van der Waals surface area contributed by atoms with Gasteiger partial charge in [0.05, 0.1) is 18.8 Å². The highest BCUT2D eigenvalue weighted by atomic mass is 79.9. The zero-order valence-electron chi connectivity index (χ0n) is 18.0. The lowest BCUT2D eigenvalue weighted by Gasteiger charge is -2.27. The van der Waals surface area contributed by atoms with E-state index in [-0.39, 0.29) is 18.6 Å². The third-order valence-corrected chi connectivity index (χ3v) is 4.92. The molecule has 0 aliphatic heterocycles. The first-order valence-electron chi connectivity index (χ1n) is 10.1. The van der Waals surface area contributed by atoms with Crippen LogP contribution in [0, 0.1) is 0 Å². The van der Waals surface area contributed by atoms with Crippen molar-refractivity contribution in [2.75, 3.05) is 5.33 Å². The first-order valence-corrected chi connectivity index (χ1v) is 11.3. The van der Waals surface area contributed by atoms with E-state index in [1.807, 2.05) is 6.92 Å². The molecule has 0 fully saturated rings. The Morgan fingerprint density at radius 1 is 1.14 bits per heavy atom. The van der Waals surface area contributed by atoms with Gasteiger partial charge in [-0.2, -0.15) is 0 Å². The molecule has 3 N–H and O–H groups in total. The van der Waals surface area contributed by atoms with Crippen molar-refractivity contribution in [2.24, 2.45) is 5.73 Å². The van der Waals surface area contributed by atoms with Gasteiger partial charge in [0.25, 0.3) is 0 Å². The number of ether oxygens (including phenoxy) is 2. The van der Waals surface area contributed by atoms with Gasteiger partial charge >= 0.3 is 6.09 Å². The van der Waals surface area contributed by atoms with Crippen molar-refractivity contribution in [1.29, 1.82) is 0 Å². The van der Waals surface area contributed by atoms with Crippen LogP contribution in [0.4, 0.5) is 4.79 Å². The summed E-state index contributed by atoms with van der Waals surface area (Å²) in [4.78, 5) is 23.3. The number of aryl methyl sites for hydroxylation is 1. The summed E-state index contributed by atoms with van der Waals surface area (Å²) < 4.78 is 11.3. The fraction of sp³-hybridized carbons (Fsp3) is 0.636. The van der Waals surface area contributed by atoms with Crippen LogP contribution in [0.5, 0.6) is 0 Å². The van der Waals surface area contributed by atoms with Crippen molar-refractivity contribution in [3.63, 3.8) is 0 Å². The van der Waals surface area contributed by atoms with Gasteiger partial charge in [-0.15, -0.1) is 0 Å². The van der Waals surface area contributed by atoms with Gasteiger partial charge in [-0.25, -0.2) is 4.79 Å². The second-order valence-corrected chi connectivity index (χ2v) is 9.03. The molecule has 29 heavy (non-hydrogen) atoms. The Hall–Kier alpha value is -1.60. The molecule has 0 spiro atoms. The number of hydrogen-bond donors (Lipinski definition) is 2. The van der Waals surface area contributed by atoms with Crippen LogP contribution >= 0.6 is 15.9 Å². The average molecular weight is 471 g/mol. The number of alkyl halides is 1. The molecule has 2 atom stereocenters. The molecule has 0 aromatic heterocycles. The SMILES string of the molecule is C[C@@H](OCc1ccc(CCCCBr)cc1)[C@H](CCC(N)=O)NC(=O)OC(C)(C)C. The molecule has 1 rings (SSSR count). The topological polar surface area (TPSA) is 90.6 Å². The van der Waals surface area contributed by atoms with Gasteiger partial charge in [-0.3, -0.25) is 4.79 Å². The second-order valence-electron chi connectivity index (χ2n) is 8.24. The minimum absolute atomic E-state index is 0.164. The lowest BCUT2D eigenvalue weighted by atomic mass is 10.1. The van der Waals surface area contributed by atoms with E-state index in [0.717, 1.165) is 23.7 Å². The summed E-state index contributed by atoms with van der Waals surface area (Å²) in [5.41, 5.74) is 7.05. The highest BCUT2D eigenvalue weighted by Gasteiger charge is 2.24. The Balaban J connectivity index is 2.60. The zero-order chi connectivity index (χ0) is 21.9. The lowest BCUT2D eigenvalue weighted by Crippen LogP contribution is -2.45. The standard InChI is InChI=1S/C22H35BrN2O4/c1-16(19(12-13-20(24)26)25-21(27)29-22(2,3)4)28-15-18-10-8-17(9-11-18)7-5-6-14-23/h8-11,16,19H,5-7,12-15H2,1-4H3,(H2,24,26)(H,25,27)/t16-,19+/m1/s1.